The van der Waals surface area contributed by atoms with Crippen molar-refractivity contribution in [2.75, 3.05) is 54.1 Å². The van der Waals surface area contributed by atoms with Gasteiger partial charge in [-0.2, -0.15) is 0 Å². The quantitative estimate of drug-likeness (QED) is 0.0197. The second kappa shape index (κ2) is 47.6. The molecular formula is C56H96NO7P. The maximum atomic E-state index is 12.7. The number of hydrogen-bond acceptors (Lipinski definition) is 7. The van der Waals surface area contributed by atoms with Crippen molar-refractivity contribution in [2.24, 2.45) is 0 Å². The minimum Gasteiger partial charge on any atom is -0.756 e. The van der Waals surface area contributed by atoms with Gasteiger partial charge in [-0.15, -0.1) is 0 Å². The average Bonchev–Trinajstić information content (AvgIpc) is 3.27. The second-order valence-electron chi connectivity index (χ2n) is 17.8. The minimum atomic E-state index is -4.55. The molecule has 0 bridgehead atoms. The number of phosphoric ester groups is 1. The second-order valence-corrected chi connectivity index (χ2v) is 19.2. The molecule has 0 aliphatic carbocycles. The van der Waals surface area contributed by atoms with Gasteiger partial charge in [-0.3, -0.25) is 9.36 Å². The highest BCUT2D eigenvalue weighted by molar-refractivity contribution is 7.45. The Morgan fingerprint density at radius 2 is 0.846 bits per heavy atom. The van der Waals surface area contributed by atoms with E-state index < -0.39 is 13.9 Å². The van der Waals surface area contributed by atoms with Crippen LogP contribution < -0.4 is 4.89 Å². The standard InChI is InChI=1S/C56H96NO7P/c1-6-8-10-12-14-16-18-20-22-24-26-27-28-29-30-32-34-36-38-40-42-44-46-48-51-61-53-55(54-63-65(59,60)62-52-50-57(3,4)5)64-56(58)49-47-45-43-41-39-37-35-33-31-25-23-21-19-17-15-13-11-9-7-2/h8-11,14-17,20-23,26-27,31,33,37,39,55H,6-7,12-13,18-19,24-25,28-30,32,34-36,38,40-54H2,1-5H3/b10-8-,11-9-,16-14-,17-15-,22-20-,23-21-,27-26-,33-31-,39-37-. The zero-order chi connectivity index (χ0) is 47.6. The topological polar surface area (TPSA) is 94.1 Å². The molecule has 0 aromatic rings. The molecule has 372 valence electrons. The number of esters is 1. The van der Waals surface area contributed by atoms with Gasteiger partial charge >= 0.3 is 5.97 Å². The lowest BCUT2D eigenvalue weighted by Gasteiger charge is -2.28. The Hall–Kier alpha value is -2.84. The summed E-state index contributed by atoms with van der Waals surface area (Å²) in [7, 11) is 1.31. The number of rotatable bonds is 46. The number of likely N-dealkylation sites (N-methyl/N-ethyl adjacent to an activating group) is 1. The molecule has 0 aliphatic rings. The Bertz CT molecular complexity index is 1400. The van der Waals surface area contributed by atoms with Crippen molar-refractivity contribution in [1.29, 1.82) is 0 Å². The third kappa shape index (κ3) is 52.0. The third-order valence-electron chi connectivity index (χ3n) is 10.3. The van der Waals surface area contributed by atoms with Crippen molar-refractivity contribution in [3.8, 4) is 0 Å². The molecule has 0 radical (unpaired) electrons. The molecule has 2 atom stereocenters. The number of nitrogens with zero attached hydrogens (tertiary/aromatic N) is 1. The largest absolute Gasteiger partial charge is 0.756 e. The van der Waals surface area contributed by atoms with Gasteiger partial charge in [-0.1, -0.05) is 187 Å². The number of ether oxygens (including phenoxy) is 2. The fraction of sp³-hybridized carbons (Fsp3) is 0.661. The van der Waals surface area contributed by atoms with E-state index in [2.05, 4.69) is 123 Å². The van der Waals surface area contributed by atoms with Gasteiger partial charge in [-0.25, -0.2) is 0 Å². The van der Waals surface area contributed by atoms with Crippen molar-refractivity contribution < 1.29 is 37.3 Å². The van der Waals surface area contributed by atoms with Gasteiger partial charge in [0, 0.05) is 13.0 Å². The van der Waals surface area contributed by atoms with Gasteiger partial charge < -0.3 is 27.9 Å². The zero-order valence-corrected chi connectivity index (χ0v) is 43.0. The highest BCUT2D eigenvalue weighted by atomic mass is 31.2. The van der Waals surface area contributed by atoms with Gasteiger partial charge in [0.2, 0.25) is 0 Å². The first-order chi connectivity index (χ1) is 31.6. The maximum absolute atomic E-state index is 12.7. The molecule has 0 rings (SSSR count). The number of phosphoric acid groups is 1. The van der Waals surface area contributed by atoms with E-state index in [1.807, 2.05) is 21.1 Å². The van der Waals surface area contributed by atoms with Gasteiger partial charge in [0.25, 0.3) is 7.82 Å². The molecule has 0 spiro atoms. The van der Waals surface area contributed by atoms with Crippen molar-refractivity contribution in [3.05, 3.63) is 109 Å². The molecule has 0 N–H and O–H groups in total. The Labute approximate surface area is 400 Å². The van der Waals surface area contributed by atoms with E-state index in [9.17, 15) is 14.3 Å². The molecule has 0 saturated heterocycles. The van der Waals surface area contributed by atoms with Crippen LogP contribution in [0.5, 0.6) is 0 Å². The summed E-state index contributed by atoms with van der Waals surface area (Å²) < 4.78 is 34.7. The van der Waals surface area contributed by atoms with E-state index >= 15 is 0 Å². The summed E-state index contributed by atoms with van der Waals surface area (Å²) >= 11 is 0. The first-order valence-corrected chi connectivity index (χ1v) is 27.1. The number of allylic oxidation sites excluding steroid dienone is 18. The lowest BCUT2D eigenvalue weighted by molar-refractivity contribution is -0.870. The van der Waals surface area contributed by atoms with Crippen LogP contribution in [-0.4, -0.2) is 70.7 Å². The fourth-order valence-corrected chi connectivity index (χ4v) is 7.17. The highest BCUT2D eigenvalue weighted by Crippen LogP contribution is 2.38. The monoisotopic (exact) mass is 926 g/mol. The number of hydrogen-bond donors (Lipinski definition) is 0. The average molecular weight is 926 g/mol. The normalized spacial score (nSPS) is 14.5. The fourth-order valence-electron chi connectivity index (χ4n) is 6.45. The van der Waals surface area contributed by atoms with Crippen LogP contribution in [0.4, 0.5) is 0 Å². The van der Waals surface area contributed by atoms with Crippen LogP contribution in [0.3, 0.4) is 0 Å². The Kier molecular flexibility index (Phi) is 45.6. The summed E-state index contributed by atoms with van der Waals surface area (Å²) in [5.74, 6) is -0.370. The van der Waals surface area contributed by atoms with Gasteiger partial charge in [-0.05, 0) is 96.3 Å². The zero-order valence-electron chi connectivity index (χ0n) is 42.1. The molecule has 2 unspecified atom stereocenters. The summed E-state index contributed by atoms with van der Waals surface area (Å²) in [5, 5.41) is 0. The van der Waals surface area contributed by atoms with Crippen LogP contribution in [0.1, 0.15) is 181 Å². The molecule has 0 aromatic carbocycles. The SMILES string of the molecule is CC/C=C\C/C=C\C/C=C\C/C=C\C/C=C\CCCCCC(=O)OC(COCCCCCCCCCCCCC/C=C\C/C=C\C/C=C\C/C=C\CC)COP(=O)([O-])OCC[N+](C)(C)C. The van der Waals surface area contributed by atoms with E-state index in [-0.39, 0.29) is 32.2 Å². The van der Waals surface area contributed by atoms with Crippen LogP contribution in [0, 0.1) is 0 Å². The number of quaternary nitrogens is 1. The van der Waals surface area contributed by atoms with Gasteiger partial charge in [0.1, 0.15) is 19.3 Å². The molecule has 0 aliphatic heterocycles. The first-order valence-electron chi connectivity index (χ1n) is 25.6. The minimum absolute atomic E-state index is 0.0125. The summed E-state index contributed by atoms with van der Waals surface area (Å²) in [4.78, 5) is 25.2. The highest BCUT2D eigenvalue weighted by Gasteiger charge is 2.20. The number of carbonyl (C=O) groups excluding carboxylic acids is 1. The summed E-state index contributed by atoms with van der Waals surface area (Å²) in [5.41, 5.74) is 0. The smallest absolute Gasteiger partial charge is 0.306 e. The van der Waals surface area contributed by atoms with Crippen LogP contribution in [-0.2, 0) is 27.9 Å². The van der Waals surface area contributed by atoms with Crippen molar-refractivity contribution in [1.82, 2.24) is 0 Å². The maximum Gasteiger partial charge on any atom is 0.306 e. The van der Waals surface area contributed by atoms with Gasteiger partial charge in [0.05, 0.1) is 34.4 Å². The molecule has 65 heavy (non-hydrogen) atoms. The van der Waals surface area contributed by atoms with Crippen molar-refractivity contribution in [2.45, 2.75) is 187 Å². The molecule has 8 nitrogen and oxygen atoms in total. The number of unbranched alkanes of at least 4 members (excludes halogenated alkanes) is 14. The molecule has 0 aromatic heterocycles. The van der Waals surface area contributed by atoms with Crippen molar-refractivity contribution >= 4 is 13.8 Å². The molecular weight excluding hydrogens is 830 g/mol. The molecule has 0 fully saturated rings. The molecule has 0 saturated carbocycles. The van der Waals surface area contributed by atoms with E-state index in [1.165, 1.54) is 64.2 Å². The Balaban J connectivity index is 4.22. The van der Waals surface area contributed by atoms with E-state index in [1.54, 1.807) is 0 Å². The van der Waals surface area contributed by atoms with Crippen LogP contribution in [0.25, 0.3) is 0 Å². The summed E-state index contributed by atoms with van der Waals surface area (Å²) in [6.45, 7) is 5.11. The van der Waals surface area contributed by atoms with Crippen LogP contribution >= 0.6 is 7.82 Å². The molecule has 9 heteroatoms. The van der Waals surface area contributed by atoms with Gasteiger partial charge in [0.15, 0.2) is 0 Å². The molecule has 0 amide bonds. The lowest BCUT2D eigenvalue weighted by Crippen LogP contribution is -2.37. The predicted octanol–water partition coefficient (Wildman–Crippen LogP) is 15.3. The van der Waals surface area contributed by atoms with E-state index in [0.717, 1.165) is 89.9 Å². The summed E-state index contributed by atoms with van der Waals surface area (Å²) in [6, 6.07) is 0. The molecule has 0 heterocycles. The predicted molar refractivity (Wildman–Crippen MR) is 277 cm³/mol. The van der Waals surface area contributed by atoms with E-state index in [0.29, 0.717) is 24.1 Å². The lowest BCUT2D eigenvalue weighted by atomic mass is 10.1. The Morgan fingerprint density at radius 3 is 1.26 bits per heavy atom. The van der Waals surface area contributed by atoms with Crippen LogP contribution in [0.2, 0.25) is 0 Å². The summed E-state index contributed by atoms with van der Waals surface area (Å²) in [6.07, 6.45) is 66.9. The number of carbonyl (C=O) groups is 1. The van der Waals surface area contributed by atoms with Crippen molar-refractivity contribution in [3.63, 3.8) is 0 Å². The Morgan fingerprint density at radius 1 is 0.477 bits per heavy atom. The van der Waals surface area contributed by atoms with E-state index in [4.69, 9.17) is 18.5 Å². The van der Waals surface area contributed by atoms with Crippen LogP contribution in [0.15, 0.2) is 109 Å². The third-order valence-corrected chi connectivity index (χ3v) is 11.3. The first kappa shape index (κ1) is 62.2.